The van der Waals surface area contributed by atoms with Gasteiger partial charge in [0.05, 0.1) is 19.3 Å². The van der Waals surface area contributed by atoms with Crippen LogP contribution in [-0.4, -0.2) is 73.5 Å². The van der Waals surface area contributed by atoms with Crippen molar-refractivity contribution >= 4 is 29.9 Å². The molecule has 2 fully saturated rings. The summed E-state index contributed by atoms with van der Waals surface area (Å²) in [5, 5.41) is 16.9. The average molecular weight is 511 g/mol. The number of piperidine rings is 1. The Bertz CT molecular complexity index is 423. The number of rotatable bonds is 9. The molecule has 6 nitrogen and oxygen atoms in total. The van der Waals surface area contributed by atoms with Gasteiger partial charge >= 0.3 is 0 Å². The van der Waals surface area contributed by atoms with Crippen molar-refractivity contribution in [1.82, 2.24) is 15.5 Å². The smallest absolute Gasteiger partial charge is 0.191 e. The lowest BCUT2D eigenvalue weighted by atomic mass is 9.92. The lowest BCUT2D eigenvalue weighted by molar-refractivity contribution is 0.0301. The van der Waals surface area contributed by atoms with Gasteiger partial charge in [-0.25, -0.2) is 0 Å². The Balaban J connectivity index is 0.00000392. The maximum absolute atomic E-state index is 10.1. The van der Waals surface area contributed by atoms with Gasteiger partial charge in [0.2, 0.25) is 0 Å². The molecule has 0 spiro atoms. The Morgan fingerprint density at radius 2 is 1.79 bits per heavy atom. The number of nitrogens with zero attached hydrogens (tertiary/aromatic N) is 2. The van der Waals surface area contributed by atoms with Crippen molar-refractivity contribution in [1.29, 1.82) is 0 Å². The third-order valence-electron chi connectivity index (χ3n) is 5.53. The number of ether oxygens (including phenoxy) is 1. The highest BCUT2D eigenvalue weighted by Gasteiger charge is 2.26. The zero-order valence-corrected chi connectivity index (χ0v) is 20.5. The molecule has 0 amide bonds. The molecule has 3 N–H and O–H groups in total. The van der Waals surface area contributed by atoms with E-state index in [-0.39, 0.29) is 24.0 Å². The van der Waals surface area contributed by atoms with Crippen LogP contribution >= 0.6 is 24.0 Å². The minimum Gasteiger partial charge on any atom is -0.389 e. The van der Waals surface area contributed by atoms with Crippen molar-refractivity contribution in [2.45, 2.75) is 83.9 Å². The van der Waals surface area contributed by atoms with E-state index in [1.807, 2.05) is 0 Å². The summed E-state index contributed by atoms with van der Waals surface area (Å²) in [4.78, 5) is 7.27. The van der Waals surface area contributed by atoms with Crippen LogP contribution in [0, 0.1) is 5.92 Å². The quantitative estimate of drug-likeness (QED) is 0.253. The van der Waals surface area contributed by atoms with Gasteiger partial charge in [-0.2, -0.15) is 0 Å². The van der Waals surface area contributed by atoms with Crippen LogP contribution < -0.4 is 10.6 Å². The van der Waals surface area contributed by atoms with E-state index in [4.69, 9.17) is 4.74 Å². The van der Waals surface area contributed by atoms with Gasteiger partial charge in [0.1, 0.15) is 0 Å². The maximum atomic E-state index is 10.1. The standard InChI is InChI=1S/C21H42N4O2.HI/c1-4-22-21(23-14-20(26)16-27-15-17(2)3)24-18-10-12-25(13-11-18)19-8-6-5-7-9-19;/h17-20,26H,4-16H2,1-3H3,(H2,22,23,24);1H. The SMILES string of the molecule is CCNC(=NCC(O)COCC(C)C)NC1CCN(C2CCCCC2)CC1.I. The molecular formula is C21H43IN4O2. The van der Waals surface area contributed by atoms with E-state index in [2.05, 4.69) is 41.3 Å². The van der Waals surface area contributed by atoms with Gasteiger partial charge in [-0.05, 0) is 38.5 Å². The van der Waals surface area contributed by atoms with Gasteiger partial charge in [0.25, 0.3) is 0 Å². The monoisotopic (exact) mass is 510 g/mol. The summed E-state index contributed by atoms with van der Waals surface area (Å²) in [6.45, 7) is 10.9. The molecule has 0 aromatic rings. The molecule has 0 bridgehead atoms. The van der Waals surface area contributed by atoms with Gasteiger partial charge in [0, 0.05) is 38.3 Å². The second kappa shape index (κ2) is 14.8. The summed E-state index contributed by atoms with van der Waals surface area (Å²) in [5.41, 5.74) is 0. The molecule has 28 heavy (non-hydrogen) atoms. The number of hydrogen-bond acceptors (Lipinski definition) is 4. The molecule has 7 heteroatoms. The van der Waals surface area contributed by atoms with Crippen LogP contribution in [0.5, 0.6) is 0 Å². The number of aliphatic hydroxyl groups excluding tert-OH is 1. The number of likely N-dealkylation sites (tertiary alicyclic amines) is 1. The normalized spacial score (nSPS) is 21.4. The Morgan fingerprint density at radius 1 is 1.11 bits per heavy atom. The lowest BCUT2D eigenvalue weighted by Crippen LogP contribution is -2.51. The first-order chi connectivity index (χ1) is 13.1. The Labute approximate surface area is 189 Å². The van der Waals surface area contributed by atoms with Gasteiger partial charge < -0.3 is 25.4 Å². The van der Waals surface area contributed by atoms with E-state index in [1.54, 1.807) is 0 Å². The van der Waals surface area contributed by atoms with Crippen LogP contribution in [0.4, 0.5) is 0 Å². The summed E-state index contributed by atoms with van der Waals surface area (Å²) >= 11 is 0. The van der Waals surface area contributed by atoms with Crippen LogP contribution in [0.3, 0.4) is 0 Å². The molecule has 0 radical (unpaired) electrons. The largest absolute Gasteiger partial charge is 0.389 e. The summed E-state index contributed by atoms with van der Waals surface area (Å²) in [6, 6.07) is 1.29. The van der Waals surface area contributed by atoms with Crippen LogP contribution in [0.1, 0.15) is 65.7 Å². The van der Waals surface area contributed by atoms with Crippen LogP contribution in [0.15, 0.2) is 4.99 Å². The first-order valence-corrected chi connectivity index (χ1v) is 11.1. The number of nitrogens with one attached hydrogen (secondary N) is 2. The lowest BCUT2D eigenvalue weighted by Gasteiger charge is -2.39. The van der Waals surface area contributed by atoms with Gasteiger partial charge in [-0.3, -0.25) is 4.99 Å². The minimum atomic E-state index is -0.549. The van der Waals surface area contributed by atoms with Gasteiger partial charge in [0.15, 0.2) is 5.96 Å². The molecule has 166 valence electrons. The van der Waals surface area contributed by atoms with Crippen molar-refractivity contribution in [2.75, 3.05) is 39.4 Å². The van der Waals surface area contributed by atoms with E-state index in [0.717, 1.165) is 18.5 Å². The van der Waals surface area contributed by atoms with Crippen LogP contribution in [-0.2, 0) is 4.74 Å². The number of halogens is 1. The van der Waals surface area contributed by atoms with E-state index >= 15 is 0 Å². The fourth-order valence-electron chi connectivity index (χ4n) is 4.06. The van der Waals surface area contributed by atoms with Gasteiger partial charge in [-0.15, -0.1) is 24.0 Å². The highest BCUT2D eigenvalue weighted by Crippen LogP contribution is 2.25. The fraction of sp³-hybridized carbons (Fsp3) is 0.952. The third-order valence-corrected chi connectivity index (χ3v) is 5.53. The summed E-state index contributed by atoms with van der Waals surface area (Å²) in [7, 11) is 0. The topological polar surface area (TPSA) is 69.1 Å². The van der Waals surface area contributed by atoms with E-state index in [0.29, 0.717) is 31.7 Å². The zero-order chi connectivity index (χ0) is 19.5. The van der Waals surface area contributed by atoms with E-state index < -0.39 is 6.10 Å². The highest BCUT2D eigenvalue weighted by atomic mass is 127. The highest BCUT2D eigenvalue weighted by molar-refractivity contribution is 14.0. The van der Waals surface area contributed by atoms with Crippen molar-refractivity contribution in [3.8, 4) is 0 Å². The average Bonchev–Trinajstić information content (AvgIpc) is 2.67. The molecule has 1 unspecified atom stereocenters. The predicted octanol–water partition coefficient (Wildman–Crippen LogP) is 2.99. The Morgan fingerprint density at radius 3 is 2.39 bits per heavy atom. The molecule has 1 aliphatic carbocycles. The van der Waals surface area contributed by atoms with E-state index in [9.17, 15) is 5.11 Å². The first-order valence-electron chi connectivity index (χ1n) is 11.1. The zero-order valence-electron chi connectivity index (χ0n) is 18.2. The summed E-state index contributed by atoms with van der Waals surface area (Å²) < 4.78 is 5.50. The van der Waals surface area contributed by atoms with Crippen LogP contribution in [0.25, 0.3) is 0 Å². The number of aliphatic hydroxyl groups is 1. The van der Waals surface area contributed by atoms with Crippen molar-refractivity contribution < 1.29 is 9.84 Å². The molecule has 0 aromatic heterocycles. The molecule has 1 aliphatic heterocycles. The van der Waals surface area contributed by atoms with Crippen LogP contribution in [0.2, 0.25) is 0 Å². The fourth-order valence-corrected chi connectivity index (χ4v) is 4.06. The van der Waals surface area contributed by atoms with Gasteiger partial charge in [-0.1, -0.05) is 33.1 Å². The third kappa shape index (κ3) is 10.1. The summed E-state index contributed by atoms with van der Waals surface area (Å²) in [5.74, 6) is 1.30. The molecule has 1 heterocycles. The van der Waals surface area contributed by atoms with E-state index in [1.165, 1.54) is 58.0 Å². The number of guanidine groups is 1. The Hall–Kier alpha value is -0.120. The van der Waals surface area contributed by atoms with Crippen molar-refractivity contribution in [2.24, 2.45) is 10.9 Å². The molecule has 0 aromatic carbocycles. The molecule has 2 rings (SSSR count). The van der Waals surface area contributed by atoms with Crippen molar-refractivity contribution in [3.05, 3.63) is 0 Å². The maximum Gasteiger partial charge on any atom is 0.191 e. The van der Waals surface area contributed by atoms with Crippen molar-refractivity contribution in [3.63, 3.8) is 0 Å². The summed E-state index contributed by atoms with van der Waals surface area (Å²) in [6.07, 6.45) is 8.80. The predicted molar refractivity (Wildman–Crippen MR) is 128 cm³/mol. The second-order valence-electron chi connectivity index (χ2n) is 8.55. The number of hydrogen-bond donors (Lipinski definition) is 3. The molecule has 1 saturated heterocycles. The molecular weight excluding hydrogens is 467 g/mol. The number of aliphatic imine (C=N–C) groups is 1. The minimum absolute atomic E-state index is 0. The molecule has 1 atom stereocenters. The second-order valence-corrected chi connectivity index (χ2v) is 8.55. The first kappa shape index (κ1) is 25.9. The molecule has 2 aliphatic rings. The Kier molecular flexibility index (Phi) is 13.7. The molecule has 1 saturated carbocycles.